The van der Waals surface area contributed by atoms with Crippen molar-refractivity contribution in [3.63, 3.8) is 0 Å². The lowest BCUT2D eigenvalue weighted by molar-refractivity contribution is 0.0250. The van der Waals surface area contributed by atoms with Gasteiger partial charge in [-0.1, -0.05) is 11.6 Å². The molecule has 1 aliphatic heterocycles. The van der Waals surface area contributed by atoms with E-state index in [4.69, 9.17) is 17.3 Å². The summed E-state index contributed by atoms with van der Waals surface area (Å²) < 4.78 is 42.2. The number of amides is 1. The third-order valence-corrected chi connectivity index (χ3v) is 6.25. The Labute approximate surface area is 199 Å². The molecule has 10 heteroatoms. The van der Waals surface area contributed by atoms with Crippen LogP contribution in [0.4, 0.5) is 24.5 Å². The molecule has 0 saturated carbocycles. The molecule has 0 bridgehead atoms. The van der Waals surface area contributed by atoms with Crippen molar-refractivity contribution < 1.29 is 23.1 Å². The molecule has 0 atom stereocenters. The minimum Gasteiger partial charge on any atom is -0.388 e. The number of piperidine rings is 1. The summed E-state index contributed by atoms with van der Waals surface area (Å²) in [5, 5.41) is 13.0. The van der Waals surface area contributed by atoms with Gasteiger partial charge in [0.1, 0.15) is 17.5 Å². The van der Waals surface area contributed by atoms with Crippen LogP contribution in [-0.2, 0) is 0 Å². The molecule has 1 saturated heterocycles. The van der Waals surface area contributed by atoms with Crippen LogP contribution in [0.2, 0.25) is 5.02 Å². The highest BCUT2D eigenvalue weighted by atomic mass is 35.5. The quantitative estimate of drug-likeness (QED) is 0.494. The summed E-state index contributed by atoms with van der Waals surface area (Å²) in [5.41, 5.74) is 5.68. The Hall–Kier alpha value is -3.14. The van der Waals surface area contributed by atoms with E-state index in [9.17, 15) is 23.1 Å². The maximum atomic E-state index is 14.7. The van der Waals surface area contributed by atoms with Crippen LogP contribution in [0.1, 0.15) is 23.2 Å². The topological polar surface area (TPSA) is 91.5 Å². The van der Waals surface area contributed by atoms with Crippen molar-refractivity contribution in [1.82, 2.24) is 4.98 Å². The number of nitrogens with zero attached hydrogens (tertiary/aromatic N) is 2. The van der Waals surface area contributed by atoms with Crippen LogP contribution in [0.3, 0.4) is 0 Å². The zero-order valence-corrected chi connectivity index (χ0v) is 18.7. The molecule has 1 amide bonds. The minimum absolute atomic E-state index is 0.0249. The number of benzene rings is 2. The zero-order valence-electron chi connectivity index (χ0n) is 18.0. The van der Waals surface area contributed by atoms with Crippen LogP contribution in [0.15, 0.2) is 48.8 Å². The van der Waals surface area contributed by atoms with Crippen LogP contribution < -0.4 is 16.0 Å². The number of anilines is 2. The average molecular weight is 491 g/mol. The Morgan fingerprint density at radius 3 is 2.47 bits per heavy atom. The number of aromatic nitrogens is 1. The first-order valence-electron chi connectivity index (χ1n) is 10.6. The molecule has 0 radical (unpaired) electrons. The van der Waals surface area contributed by atoms with Crippen molar-refractivity contribution in [2.24, 2.45) is 5.73 Å². The summed E-state index contributed by atoms with van der Waals surface area (Å²) >= 11 is 5.81. The van der Waals surface area contributed by atoms with E-state index in [2.05, 4.69) is 10.3 Å². The van der Waals surface area contributed by atoms with E-state index in [0.29, 0.717) is 31.6 Å². The number of nitrogens with one attached hydrogen (secondary N) is 1. The predicted molar refractivity (Wildman–Crippen MR) is 124 cm³/mol. The lowest BCUT2D eigenvalue weighted by Crippen LogP contribution is -2.49. The van der Waals surface area contributed by atoms with Gasteiger partial charge in [0.2, 0.25) is 0 Å². The van der Waals surface area contributed by atoms with Crippen molar-refractivity contribution in [1.29, 1.82) is 0 Å². The highest BCUT2D eigenvalue weighted by Crippen LogP contribution is 2.40. The molecule has 178 valence electrons. The van der Waals surface area contributed by atoms with Crippen molar-refractivity contribution >= 4 is 28.9 Å². The number of aliphatic hydroxyl groups is 1. The van der Waals surface area contributed by atoms with Gasteiger partial charge in [0.05, 0.1) is 28.2 Å². The molecule has 1 aliphatic rings. The van der Waals surface area contributed by atoms with Gasteiger partial charge < -0.3 is 21.1 Å². The molecule has 34 heavy (non-hydrogen) atoms. The Morgan fingerprint density at radius 1 is 1.09 bits per heavy atom. The van der Waals surface area contributed by atoms with Crippen LogP contribution in [0.25, 0.3) is 11.1 Å². The Kier molecular flexibility index (Phi) is 6.79. The number of rotatable bonds is 5. The van der Waals surface area contributed by atoms with Crippen LogP contribution >= 0.6 is 11.6 Å². The van der Waals surface area contributed by atoms with Crippen molar-refractivity contribution in [2.45, 2.75) is 18.4 Å². The van der Waals surface area contributed by atoms with Crippen molar-refractivity contribution in [2.75, 3.05) is 29.9 Å². The number of halogens is 4. The second-order valence-electron chi connectivity index (χ2n) is 8.21. The first kappa shape index (κ1) is 24.0. The van der Waals surface area contributed by atoms with Gasteiger partial charge in [-0.05, 0) is 49.2 Å². The average Bonchev–Trinajstić information content (AvgIpc) is 2.83. The van der Waals surface area contributed by atoms with Gasteiger partial charge in [0, 0.05) is 42.5 Å². The maximum absolute atomic E-state index is 14.7. The predicted octanol–water partition coefficient (Wildman–Crippen LogP) is 4.36. The lowest BCUT2D eigenvalue weighted by Gasteiger charge is -2.40. The van der Waals surface area contributed by atoms with Crippen molar-refractivity contribution in [3.8, 4) is 11.1 Å². The Morgan fingerprint density at radius 2 is 1.79 bits per heavy atom. The molecule has 1 aromatic heterocycles. The minimum atomic E-state index is -1.03. The molecule has 0 spiro atoms. The van der Waals surface area contributed by atoms with Gasteiger partial charge in [-0.25, -0.2) is 13.2 Å². The maximum Gasteiger partial charge on any atom is 0.255 e. The van der Waals surface area contributed by atoms with Gasteiger partial charge in [-0.15, -0.1) is 0 Å². The third-order valence-electron chi connectivity index (χ3n) is 5.96. The molecule has 2 heterocycles. The summed E-state index contributed by atoms with van der Waals surface area (Å²) in [6, 6.07) is 6.63. The number of hydrogen-bond donors (Lipinski definition) is 3. The summed E-state index contributed by atoms with van der Waals surface area (Å²) in [5.74, 6) is -2.54. The Balaban J connectivity index is 1.77. The second kappa shape index (κ2) is 9.61. The van der Waals surface area contributed by atoms with Crippen LogP contribution in [0, 0.1) is 17.5 Å². The first-order valence-corrected chi connectivity index (χ1v) is 11.0. The number of pyridine rings is 1. The van der Waals surface area contributed by atoms with E-state index < -0.39 is 29.0 Å². The fourth-order valence-corrected chi connectivity index (χ4v) is 4.15. The summed E-state index contributed by atoms with van der Waals surface area (Å²) in [7, 11) is 0. The molecule has 3 aromatic rings. The molecule has 4 N–H and O–H groups in total. The molecule has 1 fully saturated rings. The fraction of sp³-hybridized carbons (Fsp3) is 0.250. The van der Waals surface area contributed by atoms with E-state index in [1.807, 2.05) is 4.90 Å². The van der Waals surface area contributed by atoms with E-state index in [1.54, 1.807) is 0 Å². The summed E-state index contributed by atoms with van der Waals surface area (Å²) in [6.07, 6.45) is 3.47. The van der Waals surface area contributed by atoms with Gasteiger partial charge >= 0.3 is 0 Å². The van der Waals surface area contributed by atoms with E-state index in [1.165, 1.54) is 24.5 Å². The molecule has 0 aliphatic carbocycles. The van der Waals surface area contributed by atoms with E-state index in [-0.39, 0.29) is 33.9 Å². The van der Waals surface area contributed by atoms with E-state index >= 15 is 0 Å². The fourth-order valence-electron chi connectivity index (χ4n) is 3.97. The molecule has 6 nitrogen and oxygen atoms in total. The smallest absolute Gasteiger partial charge is 0.255 e. The van der Waals surface area contributed by atoms with Gasteiger partial charge in [0.15, 0.2) is 0 Å². The van der Waals surface area contributed by atoms with Crippen LogP contribution in [0.5, 0.6) is 0 Å². The SMILES string of the molecule is NCC1(O)CCN(c2c(NC(=O)c3ccc(F)c(Cl)c3)cncc2-c2cc(F)ccc2F)CC1. The molecule has 2 aromatic carbocycles. The largest absolute Gasteiger partial charge is 0.388 e. The normalized spacial score (nSPS) is 15.3. The lowest BCUT2D eigenvalue weighted by atomic mass is 9.90. The second-order valence-corrected chi connectivity index (χ2v) is 8.61. The highest BCUT2D eigenvalue weighted by molar-refractivity contribution is 6.31. The highest BCUT2D eigenvalue weighted by Gasteiger charge is 2.33. The van der Waals surface area contributed by atoms with Gasteiger partial charge in [-0.3, -0.25) is 9.78 Å². The first-order chi connectivity index (χ1) is 16.2. The molecule has 4 rings (SSSR count). The monoisotopic (exact) mass is 490 g/mol. The third kappa shape index (κ3) is 4.86. The van der Waals surface area contributed by atoms with E-state index in [0.717, 1.165) is 24.3 Å². The standard InChI is InChI=1S/C24H22ClF3N4O2/c25-18-9-14(1-3-20(18)28)23(33)31-21-12-30-11-17(16-10-15(26)2-4-19(16)27)22(21)32-7-5-24(34,13-29)6-8-32/h1-4,9-12,34H,5-8,13,29H2,(H,31,33). The Bertz CT molecular complexity index is 1230. The summed E-state index contributed by atoms with van der Waals surface area (Å²) in [4.78, 5) is 18.9. The number of carbonyl (C=O) groups excluding carboxylic acids is 1. The summed E-state index contributed by atoms with van der Waals surface area (Å²) in [6.45, 7) is 0.803. The number of carbonyl (C=O) groups is 1. The zero-order chi connectivity index (χ0) is 24.5. The van der Waals surface area contributed by atoms with Gasteiger partial charge in [-0.2, -0.15) is 0 Å². The molecule has 0 unspecified atom stereocenters. The number of nitrogens with two attached hydrogens (primary N) is 1. The molecular weight excluding hydrogens is 469 g/mol. The molecular formula is C24H22ClF3N4O2. The van der Waals surface area contributed by atoms with Gasteiger partial charge in [0.25, 0.3) is 5.91 Å². The van der Waals surface area contributed by atoms with Crippen molar-refractivity contribution in [3.05, 3.63) is 76.8 Å². The van der Waals surface area contributed by atoms with Crippen LogP contribution in [-0.4, -0.2) is 41.2 Å². The number of hydrogen-bond acceptors (Lipinski definition) is 5.